The van der Waals surface area contributed by atoms with Crippen LogP contribution in [0.25, 0.3) is 6.08 Å². The van der Waals surface area contributed by atoms with Gasteiger partial charge in [-0.1, -0.05) is 29.3 Å². The van der Waals surface area contributed by atoms with Crippen molar-refractivity contribution < 1.29 is 19.8 Å². The fourth-order valence-electron chi connectivity index (χ4n) is 1.44. The normalized spacial score (nSPS) is 12.3. The van der Waals surface area contributed by atoms with Gasteiger partial charge in [-0.2, -0.15) is 0 Å². The molecule has 1 atom stereocenters. The van der Waals surface area contributed by atoms with Crippen molar-refractivity contribution in [1.82, 2.24) is 5.32 Å². The van der Waals surface area contributed by atoms with E-state index in [1.807, 2.05) is 0 Å². The third kappa shape index (κ3) is 4.85. The average molecular weight is 318 g/mol. The number of carboxylic acids is 1. The van der Waals surface area contributed by atoms with E-state index in [1.54, 1.807) is 18.2 Å². The SMILES string of the molecule is O=C(/C=C/c1c(Cl)cccc1Cl)N[C@H](CCO)C(=O)O. The van der Waals surface area contributed by atoms with E-state index >= 15 is 0 Å². The highest BCUT2D eigenvalue weighted by molar-refractivity contribution is 6.37. The topological polar surface area (TPSA) is 86.6 Å². The number of aliphatic hydroxyl groups is 1. The second kappa shape index (κ2) is 7.89. The molecule has 1 rings (SSSR count). The molecule has 0 saturated carbocycles. The summed E-state index contributed by atoms with van der Waals surface area (Å²) in [4.78, 5) is 22.4. The van der Waals surface area contributed by atoms with Gasteiger partial charge in [0, 0.05) is 34.7 Å². The fraction of sp³-hybridized carbons (Fsp3) is 0.231. The molecule has 0 heterocycles. The van der Waals surface area contributed by atoms with Gasteiger partial charge in [-0.05, 0) is 18.2 Å². The van der Waals surface area contributed by atoms with E-state index in [2.05, 4.69) is 5.32 Å². The fourth-order valence-corrected chi connectivity index (χ4v) is 1.96. The number of halogens is 2. The lowest BCUT2D eigenvalue weighted by molar-refractivity contribution is -0.141. The summed E-state index contributed by atoms with van der Waals surface area (Å²) in [6.07, 6.45) is 2.47. The molecule has 0 spiro atoms. The molecule has 0 aliphatic heterocycles. The lowest BCUT2D eigenvalue weighted by Crippen LogP contribution is -2.40. The molecule has 0 unspecified atom stereocenters. The van der Waals surface area contributed by atoms with Crippen LogP contribution in [0.3, 0.4) is 0 Å². The highest BCUT2D eigenvalue weighted by Gasteiger charge is 2.17. The molecule has 0 bridgehead atoms. The van der Waals surface area contributed by atoms with E-state index in [4.69, 9.17) is 33.4 Å². The minimum atomic E-state index is -1.21. The van der Waals surface area contributed by atoms with Gasteiger partial charge in [-0.15, -0.1) is 0 Å². The minimum absolute atomic E-state index is 0.0677. The van der Waals surface area contributed by atoms with Gasteiger partial charge in [-0.3, -0.25) is 4.79 Å². The first-order chi connectivity index (χ1) is 9.45. The number of carbonyl (C=O) groups is 2. The van der Waals surface area contributed by atoms with E-state index in [9.17, 15) is 9.59 Å². The van der Waals surface area contributed by atoms with Gasteiger partial charge < -0.3 is 15.5 Å². The van der Waals surface area contributed by atoms with Crippen molar-refractivity contribution >= 4 is 41.2 Å². The first-order valence-corrected chi connectivity index (χ1v) is 6.47. The van der Waals surface area contributed by atoms with Crippen molar-refractivity contribution in [3.63, 3.8) is 0 Å². The predicted molar refractivity (Wildman–Crippen MR) is 76.8 cm³/mol. The first kappa shape index (κ1) is 16.5. The third-order valence-electron chi connectivity index (χ3n) is 2.43. The highest BCUT2D eigenvalue weighted by atomic mass is 35.5. The molecule has 0 aliphatic carbocycles. The summed E-state index contributed by atoms with van der Waals surface area (Å²) >= 11 is 11.8. The summed E-state index contributed by atoms with van der Waals surface area (Å²) in [5.41, 5.74) is 0.472. The number of aliphatic carboxylic acids is 1. The molecule has 108 valence electrons. The summed E-state index contributed by atoms with van der Waals surface area (Å²) in [7, 11) is 0. The summed E-state index contributed by atoms with van der Waals surface area (Å²) < 4.78 is 0. The van der Waals surface area contributed by atoms with Crippen LogP contribution in [0.5, 0.6) is 0 Å². The standard InChI is InChI=1S/C13H13Cl2NO4/c14-9-2-1-3-10(15)8(9)4-5-12(18)16-11(6-7-17)13(19)20/h1-5,11,17H,6-7H2,(H,16,18)(H,19,20)/b5-4+/t11-/m1/s1. The molecular weight excluding hydrogens is 305 g/mol. The molecule has 0 radical (unpaired) electrons. The van der Waals surface area contributed by atoms with Gasteiger partial charge in [0.25, 0.3) is 0 Å². The van der Waals surface area contributed by atoms with Crippen molar-refractivity contribution in [1.29, 1.82) is 0 Å². The van der Waals surface area contributed by atoms with Crippen LogP contribution in [-0.2, 0) is 9.59 Å². The number of hydrogen-bond donors (Lipinski definition) is 3. The highest BCUT2D eigenvalue weighted by Crippen LogP contribution is 2.25. The monoisotopic (exact) mass is 317 g/mol. The molecule has 0 saturated heterocycles. The predicted octanol–water partition coefficient (Wildman–Crippen LogP) is 1.96. The zero-order valence-electron chi connectivity index (χ0n) is 10.3. The van der Waals surface area contributed by atoms with Crippen molar-refractivity contribution in [3.05, 3.63) is 39.9 Å². The Labute approximate surface area is 125 Å². The van der Waals surface area contributed by atoms with E-state index in [-0.39, 0.29) is 13.0 Å². The summed E-state index contributed by atoms with van der Waals surface area (Å²) in [5, 5.41) is 20.6. The van der Waals surface area contributed by atoms with Gasteiger partial charge in [0.2, 0.25) is 5.91 Å². The molecule has 1 amide bonds. The maximum atomic E-state index is 11.6. The molecular formula is C13H13Cl2NO4. The van der Waals surface area contributed by atoms with Gasteiger partial charge in [0.15, 0.2) is 0 Å². The average Bonchev–Trinajstić information content (AvgIpc) is 2.37. The zero-order valence-corrected chi connectivity index (χ0v) is 11.9. The van der Waals surface area contributed by atoms with Crippen LogP contribution in [0, 0.1) is 0 Å². The number of carbonyl (C=O) groups excluding carboxylic acids is 1. The Balaban J connectivity index is 2.75. The van der Waals surface area contributed by atoms with Crippen LogP contribution in [0.4, 0.5) is 0 Å². The van der Waals surface area contributed by atoms with Crippen LogP contribution in [0.15, 0.2) is 24.3 Å². The molecule has 20 heavy (non-hydrogen) atoms. The number of aliphatic hydroxyl groups excluding tert-OH is 1. The van der Waals surface area contributed by atoms with Crippen LogP contribution in [0.1, 0.15) is 12.0 Å². The minimum Gasteiger partial charge on any atom is -0.480 e. The van der Waals surface area contributed by atoms with E-state index in [1.165, 1.54) is 6.08 Å². The van der Waals surface area contributed by atoms with Gasteiger partial charge in [0.1, 0.15) is 6.04 Å². The van der Waals surface area contributed by atoms with E-state index in [0.717, 1.165) is 6.08 Å². The number of nitrogens with one attached hydrogen (secondary N) is 1. The molecule has 0 fully saturated rings. The third-order valence-corrected chi connectivity index (χ3v) is 3.09. The summed E-state index contributed by atoms with van der Waals surface area (Å²) in [6, 6.07) is 3.77. The van der Waals surface area contributed by atoms with Crippen molar-refractivity contribution in [3.8, 4) is 0 Å². The van der Waals surface area contributed by atoms with Crippen molar-refractivity contribution in [2.45, 2.75) is 12.5 Å². The molecule has 7 heteroatoms. The lowest BCUT2D eigenvalue weighted by Gasteiger charge is -2.11. The number of amides is 1. The Hall–Kier alpha value is -1.56. The molecule has 0 aromatic heterocycles. The van der Waals surface area contributed by atoms with Crippen molar-refractivity contribution in [2.24, 2.45) is 0 Å². The Morgan fingerprint density at radius 3 is 2.40 bits per heavy atom. The Bertz CT molecular complexity index is 511. The lowest BCUT2D eigenvalue weighted by atomic mass is 10.2. The second-order valence-electron chi connectivity index (χ2n) is 3.88. The van der Waals surface area contributed by atoms with E-state index in [0.29, 0.717) is 15.6 Å². The Kier molecular flexibility index (Phi) is 6.51. The number of carboxylic acid groups (broad SMARTS) is 1. The first-order valence-electron chi connectivity index (χ1n) is 5.72. The molecule has 0 aliphatic rings. The van der Waals surface area contributed by atoms with Gasteiger partial charge >= 0.3 is 5.97 Å². The molecule has 5 nitrogen and oxygen atoms in total. The molecule has 1 aromatic carbocycles. The maximum absolute atomic E-state index is 11.6. The second-order valence-corrected chi connectivity index (χ2v) is 4.69. The zero-order chi connectivity index (χ0) is 15.1. The van der Waals surface area contributed by atoms with Gasteiger partial charge in [-0.25, -0.2) is 4.79 Å². The Morgan fingerprint density at radius 1 is 1.30 bits per heavy atom. The van der Waals surface area contributed by atoms with Crippen molar-refractivity contribution in [2.75, 3.05) is 6.61 Å². The number of benzene rings is 1. The largest absolute Gasteiger partial charge is 0.480 e. The van der Waals surface area contributed by atoms with Gasteiger partial charge in [0.05, 0.1) is 0 Å². The van der Waals surface area contributed by atoms with Crippen LogP contribution in [-0.4, -0.2) is 34.7 Å². The van der Waals surface area contributed by atoms with Crippen LogP contribution in [0.2, 0.25) is 10.0 Å². The number of hydrogen-bond acceptors (Lipinski definition) is 3. The van der Waals surface area contributed by atoms with E-state index < -0.39 is 17.9 Å². The smallest absolute Gasteiger partial charge is 0.326 e. The maximum Gasteiger partial charge on any atom is 0.326 e. The summed E-state index contributed by atoms with van der Waals surface area (Å²) in [5.74, 6) is -1.82. The molecule has 3 N–H and O–H groups in total. The van der Waals surface area contributed by atoms with Crippen LogP contribution < -0.4 is 5.32 Å². The quantitative estimate of drug-likeness (QED) is 0.700. The van der Waals surface area contributed by atoms with Crippen LogP contribution >= 0.6 is 23.2 Å². The number of rotatable bonds is 6. The summed E-state index contributed by atoms with van der Waals surface area (Å²) in [6.45, 7) is -0.336. The molecule has 1 aromatic rings. The Morgan fingerprint density at radius 2 is 1.90 bits per heavy atom.